The van der Waals surface area contributed by atoms with E-state index in [-0.39, 0.29) is 17.4 Å². The topological polar surface area (TPSA) is 73.0 Å². The smallest absolute Gasteiger partial charge is 0.276 e. The van der Waals surface area contributed by atoms with E-state index < -0.39 is 0 Å². The summed E-state index contributed by atoms with van der Waals surface area (Å²) in [4.78, 5) is 27.0. The van der Waals surface area contributed by atoms with E-state index in [1.165, 1.54) is 0 Å². The van der Waals surface area contributed by atoms with Crippen LogP contribution in [0.2, 0.25) is 0 Å². The zero-order valence-corrected chi connectivity index (χ0v) is 14.7. The van der Waals surface area contributed by atoms with Crippen molar-refractivity contribution < 1.29 is 4.79 Å². The minimum Gasteiger partial charge on any atom is -0.336 e. The quantitative estimate of drug-likeness (QED) is 0.696. The van der Waals surface area contributed by atoms with Gasteiger partial charge in [-0.15, -0.1) is 5.10 Å². The Hall–Kier alpha value is -3.22. The first-order valence-corrected chi connectivity index (χ1v) is 9.16. The maximum Gasteiger partial charge on any atom is 0.276 e. The average molecular weight is 361 g/mol. The molecule has 2 atom stereocenters. The fourth-order valence-corrected chi connectivity index (χ4v) is 4.29. The summed E-state index contributed by atoms with van der Waals surface area (Å²) < 4.78 is 3.49. The van der Waals surface area contributed by atoms with Crippen molar-refractivity contribution in [2.24, 2.45) is 5.92 Å². The third-order valence-electron chi connectivity index (χ3n) is 5.50. The number of rotatable bonds is 2. The fraction of sp³-hybridized carbons (Fsp3) is 0.300. The molecule has 0 spiro atoms. The number of hydrogen-bond acceptors (Lipinski definition) is 4. The molecule has 1 saturated heterocycles. The Morgan fingerprint density at radius 1 is 1.00 bits per heavy atom. The van der Waals surface area contributed by atoms with Crippen LogP contribution in [0.3, 0.4) is 0 Å². The molecule has 2 aliphatic heterocycles. The van der Waals surface area contributed by atoms with Crippen LogP contribution < -0.4 is 5.56 Å². The van der Waals surface area contributed by atoms with Gasteiger partial charge in [-0.3, -0.25) is 9.59 Å². The van der Waals surface area contributed by atoms with Gasteiger partial charge in [-0.25, -0.2) is 4.68 Å². The van der Waals surface area contributed by atoms with Gasteiger partial charge in [0.1, 0.15) is 0 Å². The molecule has 2 unspecified atom stereocenters. The van der Waals surface area contributed by atoms with Crippen molar-refractivity contribution in [1.29, 1.82) is 0 Å². The molecule has 7 nitrogen and oxygen atoms in total. The molecule has 7 heteroatoms. The molecule has 3 aromatic rings. The van der Waals surface area contributed by atoms with Gasteiger partial charge in [0.15, 0.2) is 5.69 Å². The second kappa shape index (κ2) is 6.19. The Morgan fingerprint density at radius 2 is 1.85 bits per heavy atom. The first-order valence-electron chi connectivity index (χ1n) is 9.16. The van der Waals surface area contributed by atoms with Gasteiger partial charge >= 0.3 is 0 Å². The predicted octanol–water partition coefficient (Wildman–Crippen LogP) is 1.69. The SMILES string of the molecule is O=C(c1cn(-c2ccccc2)nn1)N1CC2CC(C1)c1cccc(=O)n1C2. The monoisotopic (exact) mass is 361 g/mol. The van der Waals surface area contributed by atoms with E-state index in [1.54, 1.807) is 23.0 Å². The third kappa shape index (κ3) is 2.75. The van der Waals surface area contributed by atoms with E-state index in [2.05, 4.69) is 10.3 Å². The van der Waals surface area contributed by atoms with Crippen molar-refractivity contribution in [2.75, 3.05) is 13.1 Å². The van der Waals surface area contributed by atoms with Crippen molar-refractivity contribution in [3.8, 4) is 5.69 Å². The lowest BCUT2D eigenvalue weighted by Crippen LogP contribution is -2.49. The molecule has 1 aromatic carbocycles. The summed E-state index contributed by atoms with van der Waals surface area (Å²) >= 11 is 0. The molecule has 4 heterocycles. The molecule has 2 bridgehead atoms. The van der Waals surface area contributed by atoms with Crippen LogP contribution in [-0.4, -0.2) is 43.5 Å². The van der Waals surface area contributed by atoms with Crippen molar-refractivity contribution in [3.63, 3.8) is 0 Å². The molecule has 1 amide bonds. The third-order valence-corrected chi connectivity index (χ3v) is 5.50. The number of carbonyl (C=O) groups is 1. The number of fused-ring (bicyclic) bond motifs is 4. The van der Waals surface area contributed by atoms with E-state index in [4.69, 9.17) is 0 Å². The largest absolute Gasteiger partial charge is 0.336 e. The molecule has 136 valence electrons. The van der Waals surface area contributed by atoms with Crippen molar-refractivity contribution >= 4 is 5.91 Å². The number of pyridine rings is 1. The van der Waals surface area contributed by atoms with Crippen LogP contribution in [0, 0.1) is 5.92 Å². The van der Waals surface area contributed by atoms with Crippen LogP contribution >= 0.6 is 0 Å². The normalized spacial score (nSPS) is 21.0. The van der Waals surface area contributed by atoms with E-state index in [0.29, 0.717) is 31.2 Å². The number of piperidine rings is 1. The Kier molecular flexibility index (Phi) is 3.67. The highest BCUT2D eigenvalue weighted by Gasteiger charge is 2.37. The number of nitrogens with zero attached hydrogens (tertiary/aromatic N) is 5. The predicted molar refractivity (Wildman–Crippen MR) is 98.8 cm³/mol. The number of benzene rings is 1. The summed E-state index contributed by atoms with van der Waals surface area (Å²) in [6.45, 7) is 1.93. The van der Waals surface area contributed by atoms with E-state index >= 15 is 0 Å². The molecule has 2 aliphatic rings. The van der Waals surface area contributed by atoms with Gasteiger partial charge in [-0.05, 0) is 30.5 Å². The van der Waals surface area contributed by atoms with Crippen LogP contribution in [0.4, 0.5) is 0 Å². The Bertz CT molecular complexity index is 1060. The molecule has 0 N–H and O–H groups in total. The van der Waals surface area contributed by atoms with E-state index in [9.17, 15) is 9.59 Å². The van der Waals surface area contributed by atoms with Gasteiger partial charge in [0, 0.05) is 37.3 Å². The second-order valence-corrected chi connectivity index (χ2v) is 7.29. The first kappa shape index (κ1) is 16.0. The summed E-state index contributed by atoms with van der Waals surface area (Å²) in [6, 6.07) is 15.0. The Balaban J connectivity index is 1.40. The zero-order chi connectivity index (χ0) is 18.4. The van der Waals surface area contributed by atoms with E-state index in [1.807, 2.05) is 45.9 Å². The Labute approximate surface area is 155 Å². The summed E-state index contributed by atoms with van der Waals surface area (Å²) in [7, 11) is 0. The molecule has 2 aromatic heterocycles. The highest BCUT2D eigenvalue weighted by atomic mass is 16.2. The van der Waals surface area contributed by atoms with Crippen molar-refractivity contribution in [3.05, 3.63) is 76.5 Å². The second-order valence-electron chi connectivity index (χ2n) is 7.29. The number of hydrogen-bond donors (Lipinski definition) is 0. The van der Waals surface area contributed by atoms with Gasteiger partial charge in [0.05, 0.1) is 11.9 Å². The highest BCUT2D eigenvalue weighted by molar-refractivity contribution is 5.92. The first-order chi connectivity index (χ1) is 13.2. The van der Waals surface area contributed by atoms with Crippen molar-refractivity contribution in [1.82, 2.24) is 24.5 Å². The lowest BCUT2D eigenvalue weighted by atomic mass is 9.83. The summed E-state index contributed by atoms with van der Waals surface area (Å²) in [5, 5.41) is 8.18. The molecule has 1 fully saturated rings. The maximum atomic E-state index is 13.0. The van der Waals surface area contributed by atoms with Crippen LogP contribution in [0.1, 0.15) is 28.5 Å². The summed E-state index contributed by atoms with van der Waals surface area (Å²) in [5.74, 6) is 0.391. The highest BCUT2D eigenvalue weighted by Crippen LogP contribution is 2.35. The molecule has 5 rings (SSSR count). The standard InChI is InChI=1S/C20H19N5O2/c26-19-8-4-7-18-15-9-14(11-24(18)19)10-23(12-15)20(27)17-13-25(22-21-17)16-5-2-1-3-6-16/h1-8,13-15H,9-12H2. The molecule has 27 heavy (non-hydrogen) atoms. The minimum atomic E-state index is -0.0985. The maximum absolute atomic E-state index is 13.0. The number of likely N-dealkylation sites (tertiary alicyclic amines) is 1. The number of carbonyl (C=O) groups excluding carboxylic acids is 1. The fourth-order valence-electron chi connectivity index (χ4n) is 4.29. The lowest BCUT2D eigenvalue weighted by molar-refractivity contribution is 0.0588. The summed E-state index contributed by atoms with van der Waals surface area (Å²) in [5.41, 5.74) is 2.30. The number of aromatic nitrogens is 4. The van der Waals surface area contributed by atoms with Crippen LogP contribution in [0.25, 0.3) is 5.69 Å². The van der Waals surface area contributed by atoms with Gasteiger partial charge in [0.25, 0.3) is 11.5 Å². The minimum absolute atomic E-state index is 0.0489. The molecule has 0 saturated carbocycles. The molecular weight excluding hydrogens is 342 g/mol. The number of amides is 1. The average Bonchev–Trinajstić information content (AvgIpc) is 3.19. The van der Waals surface area contributed by atoms with Gasteiger partial charge in [-0.1, -0.05) is 29.5 Å². The zero-order valence-electron chi connectivity index (χ0n) is 14.7. The van der Waals surface area contributed by atoms with Crippen molar-refractivity contribution in [2.45, 2.75) is 18.9 Å². The molecule has 0 radical (unpaired) electrons. The van der Waals surface area contributed by atoms with Crippen LogP contribution in [0.5, 0.6) is 0 Å². The van der Waals surface area contributed by atoms with Gasteiger partial charge in [0.2, 0.25) is 0 Å². The molecule has 0 aliphatic carbocycles. The number of para-hydroxylation sites is 1. The Morgan fingerprint density at radius 3 is 2.70 bits per heavy atom. The molecular formula is C20H19N5O2. The van der Waals surface area contributed by atoms with Gasteiger partial charge < -0.3 is 9.47 Å². The lowest BCUT2D eigenvalue weighted by Gasteiger charge is -2.42. The van der Waals surface area contributed by atoms with Gasteiger partial charge in [-0.2, -0.15) is 0 Å². The van der Waals surface area contributed by atoms with Crippen LogP contribution in [0.15, 0.2) is 59.5 Å². The van der Waals surface area contributed by atoms with E-state index in [0.717, 1.165) is 17.8 Å². The van der Waals surface area contributed by atoms with Crippen LogP contribution in [-0.2, 0) is 6.54 Å². The summed E-state index contributed by atoms with van der Waals surface area (Å²) in [6.07, 6.45) is 2.70.